The lowest BCUT2D eigenvalue weighted by Crippen LogP contribution is -2.57. The van der Waals surface area contributed by atoms with Crippen LogP contribution in [0.25, 0.3) is 10.9 Å². The molecular weight excluding hydrogens is 588 g/mol. The maximum atomic E-state index is 13.6. The van der Waals surface area contributed by atoms with Crippen LogP contribution in [0, 0.1) is 0 Å². The lowest BCUT2D eigenvalue weighted by molar-refractivity contribution is -0.142. The molecule has 1 aromatic heterocycles. The fourth-order valence-electron chi connectivity index (χ4n) is 4.40. The minimum Gasteiger partial charge on any atom is -0.480 e. The molecule has 18 nitrogen and oxygen atoms in total. The standard InChI is InChI=1S/C27H42N12O6/c28-16(12-21(29)40)22(41)37-18(7-3-9-34-26(30)31)23(42)39-20(11-14-13-36-17-6-2-1-5-15(14)17)24(43)38-19(25(44)45)8-4-10-35-27(32)33/h1-2,5-6,13,16,18-20,36H,3-4,7-12,28H2,(H2,29,40)(H,37,41)(H,38,43)(H,39,42)(H,44,45)(H4,30,31,34)(H4,32,33,35). The molecule has 17 N–H and O–H groups in total. The average molecular weight is 631 g/mol. The van der Waals surface area contributed by atoms with Gasteiger partial charge in [-0.25, -0.2) is 4.79 Å². The van der Waals surface area contributed by atoms with Crippen LogP contribution in [-0.4, -0.2) is 88.9 Å². The van der Waals surface area contributed by atoms with Gasteiger partial charge >= 0.3 is 5.97 Å². The van der Waals surface area contributed by atoms with Crippen LogP contribution >= 0.6 is 0 Å². The van der Waals surface area contributed by atoms with Gasteiger partial charge in [-0.3, -0.25) is 29.2 Å². The van der Waals surface area contributed by atoms with Crippen molar-refractivity contribution in [1.29, 1.82) is 0 Å². The average Bonchev–Trinajstić information content (AvgIpc) is 3.37. The zero-order valence-electron chi connectivity index (χ0n) is 24.7. The molecule has 2 aromatic rings. The van der Waals surface area contributed by atoms with Gasteiger partial charge in [-0.05, 0) is 37.3 Å². The quantitative estimate of drug-likeness (QED) is 0.0412. The number of hydrogen-bond acceptors (Lipinski definition) is 8. The number of aliphatic imine (C=N–C) groups is 2. The largest absolute Gasteiger partial charge is 0.480 e. The van der Waals surface area contributed by atoms with Crippen molar-refractivity contribution >= 4 is 52.4 Å². The molecule has 0 aliphatic carbocycles. The molecule has 0 spiro atoms. The fourth-order valence-corrected chi connectivity index (χ4v) is 4.40. The number of carboxylic acid groups (broad SMARTS) is 1. The highest BCUT2D eigenvalue weighted by Gasteiger charge is 2.31. The second-order valence-electron chi connectivity index (χ2n) is 10.3. The van der Waals surface area contributed by atoms with Crippen LogP contribution in [-0.2, 0) is 30.4 Å². The summed E-state index contributed by atoms with van der Waals surface area (Å²) in [4.78, 5) is 73.8. The van der Waals surface area contributed by atoms with Crippen LogP contribution < -0.4 is 50.4 Å². The summed E-state index contributed by atoms with van der Waals surface area (Å²) in [6.45, 7) is 0.283. The van der Waals surface area contributed by atoms with Crippen LogP contribution in [0.2, 0.25) is 0 Å². The number of carboxylic acids is 1. The summed E-state index contributed by atoms with van der Waals surface area (Å²) in [5, 5.41) is 18.1. The molecular formula is C27H42N12O6. The molecule has 18 heteroatoms. The molecule has 4 unspecified atom stereocenters. The van der Waals surface area contributed by atoms with E-state index >= 15 is 0 Å². The molecule has 0 bridgehead atoms. The summed E-state index contributed by atoms with van der Waals surface area (Å²) in [6, 6.07) is 2.17. The zero-order valence-corrected chi connectivity index (χ0v) is 24.7. The number of nitrogens with zero attached hydrogens (tertiary/aromatic N) is 2. The van der Waals surface area contributed by atoms with Crippen molar-refractivity contribution in [2.24, 2.45) is 44.4 Å². The van der Waals surface area contributed by atoms with Gasteiger partial charge in [-0.2, -0.15) is 0 Å². The Balaban J connectivity index is 2.32. The highest BCUT2D eigenvalue weighted by molar-refractivity contribution is 5.95. The van der Waals surface area contributed by atoms with Gasteiger partial charge in [0.05, 0.1) is 12.5 Å². The Kier molecular flexibility index (Phi) is 14.1. The Bertz CT molecular complexity index is 1400. The molecule has 0 aliphatic heterocycles. The number of hydrogen-bond donors (Lipinski definition) is 11. The number of fused-ring (bicyclic) bond motifs is 1. The number of nitrogens with two attached hydrogens (primary N) is 6. The Labute approximate surface area is 258 Å². The molecule has 1 aromatic carbocycles. The third-order valence-electron chi connectivity index (χ3n) is 6.63. The molecule has 0 radical (unpaired) electrons. The number of aliphatic carboxylic acids is 1. The summed E-state index contributed by atoms with van der Waals surface area (Å²) in [5.74, 6) is -4.78. The highest BCUT2D eigenvalue weighted by Crippen LogP contribution is 2.19. The van der Waals surface area contributed by atoms with Gasteiger partial charge < -0.3 is 60.4 Å². The highest BCUT2D eigenvalue weighted by atomic mass is 16.4. The second-order valence-corrected chi connectivity index (χ2v) is 10.3. The maximum Gasteiger partial charge on any atom is 0.326 e. The van der Waals surface area contributed by atoms with Crippen LogP contribution in [0.4, 0.5) is 0 Å². The first-order valence-corrected chi connectivity index (χ1v) is 14.1. The van der Waals surface area contributed by atoms with Crippen molar-refractivity contribution in [3.05, 3.63) is 36.0 Å². The van der Waals surface area contributed by atoms with E-state index < -0.39 is 60.2 Å². The van der Waals surface area contributed by atoms with E-state index in [0.29, 0.717) is 5.56 Å². The minimum absolute atomic E-state index is 0.00678. The van der Waals surface area contributed by atoms with E-state index in [1.54, 1.807) is 6.20 Å². The van der Waals surface area contributed by atoms with Crippen molar-refractivity contribution in [2.45, 2.75) is 62.7 Å². The van der Waals surface area contributed by atoms with E-state index in [2.05, 4.69) is 30.9 Å². The lowest BCUT2D eigenvalue weighted by Gasteiger charge is -2.25. The lowest BCUT2D eigenvalue weighted by atomic mass is 10.0. The molecule has 2 rings (SSSR count). The number of amides is 4. The summed E-state index contributed by atoms with van der Waals surface area (Å²) in [5.41, 5.74) is 33.7. The normalized spacial score (nSPS) is 13.4. The molecule has 0 saturated heterocycles. The van der Waals surface area contributed by atoms with Crippen LogP contribution in [0.3, 0.4) is 0 Å². The monoisotopic (exact) mass is 630 g/mol. The molecule has 246 valence electrons. The number of aromatic nitrogens is 1. The van der Waals surface area contributed by atoms with Gasteiger partial charge in [-0.1, -0.05) is 18.2 Å². The van der Waals surface area contributed by atoms with Gasteiger partial charge in [0.1, 0.15) is 18.1 Å². The number of rotatable bonds is 19. The number of aromatic amines is 1. The van der Waals surface area contributed by atoms with E-state index in [4.69, 9.17) is 34.4 Å². The molecule has 1 heterocycles. The van der Waals surface area contributed by atoms with Crippen molar-refractivity contribution < 1.29 is 29.1 Å². The second kappa shape index (κ2) is 17.7. The number of carbonyl (C=O) groups is 5. The van der Waals surface area contributed by atoms with Crippen molar-refractivity contribution in [2.75, 3.05) is 13.1 Å². The van der Waals surface area contributed by atoms with Crippen LogP contribution in [0.1, 0.15) is 37.7 Å². The summed E-state index contributed by atoms with van der Waals surface area (Å²) in [6.07, 6.45) is 1.73. The van der Waals surface area contributed by atoms with Crippen molar-refractivity contribution in [3.8, 4) is 0 Å². The fraction of sp³-hybridized carbons (Fsp3) is 0.444. The number of benzene rings is 1. The molecule has 4 atom stereocenters. The number of guanidine groups is 2. The smallest absolute Gasteiger partial charge is 0.326 e. The first kappa shape index (κ1) is 35.8. The van der Waals surface area contributed by atoms with Gasteiger partial charge in [0, 0.05) is 36.6 Å². The molecule has 4 amide bonds. The number of H-pyrrole nitrogens is 1. The molecule has 45 heavy (non-hydrogen) atoms. The van der Waals surface area contributed by atoms with Crippen molar-refractivity contribution in [3.63, 3.8) is 0 Å². The number of primary amides is 1. The zero-order chi connectivity index (χ0) is 33.5. The van der Waals surface area contributed by atoms with Gasteiger partial charge in [-0.15, -0.1) is 0 Å². The third kappa shape index (κ3) is 12.4. The van der Waals surface area contributed by atoms with Crippen LogP contribution in [0.5, 0.6) is 0 Å². The first-order chi connectivity index (χ1) is 21.3. The van der Waals surface area contributed by atoms with E-state index in [-0.39, 0.29) is 57.1 Å². The third-order valence-corrected chi connectivity index (χ3v) is 6.63. The van der Waals surface area contributed by atoms with Gasteiger partial charge in [0.25, 0.3) is 0 Å². The first-order valence-electron chi connectivity index (χ1n) is 14.1. The summed E-state index contributed by atoms with van der Waals surface area (Å²) < 4.78 is 0. The Morgan fingerprint density at radius 3 is 1.89 bits per heavy atom. The van der Waals surface area contributed by atoms with E-state index in [1.807, 2.05) is 24.3 Å². The van der Waals surface area contributed by atoms with Crippen molar-refractivity contribution in [1.82, 2.24) is 20.9 Å². The molecule has 0 saturated carbocycles. The van der Waals surface area contributed by atoms with Gasteiger partial charge in [0.2, 0.25) is 23.6 Å². The predicted octanol–water partition coefficient (Wildman–Crippen LogP) is -3.44. The Hall–Kier alpha value is -5.39. The summed E-state index contributed by atoms with van der Waals surface area (Å²) in [7, 11) is 0. The number of nitrogens with one attached hydrogen (secondary N) is 4. The topological polar surface area (TPSA) is 338 Å². The summed E-state index contributed by atoms with van der Waals surface area (Å²) >= 11 is 0. The van der Waals surface area contributed by atoms with Gasteiger partial charge in [0.15, 0.2) is 11.9 Å². The van der Waals surface area contributed by atoms with E-state index in [1.165, 1.54) is 0 Å². The van der Waals surface area contributed by atoms with Crippen LogP contribution in [0.15, 0.2) is 40.4 Å². The van der Waals surface area contributed by atoms with E-state index in [9.17, 15) is 29.1 Å². The Morgan fingerprint density at radius 1 is 0.778 bits per heavy atom. The minimum atomic E-state index is -1.32. The Morgan fingerprint density at radius 2 is 1.31 bits per heavy atom. The molecule has 0 aliphatic rings. The number of para-hydroxylation sites is 1. The SMILES string of the molecule is NC(=O)CC(N)C(=O)NC(CCCN=C(N)N)C(=O)NC(Cc1c[nH]c2ccccc12)C(=O)NC(CCCN=C(N)N)C(=O)O. The predicted molar refractivity (Wildman–Crippen MR) is 167 cm³/mol. The molecule has 0 fully saturated rings. The maximum absolute atomic E-state index is 13.6. The van der Waals surface area contributed by atoms with E-state index in [0.717, 1.165) is 10.9 Å². The number of carbonyl (C=O) groups excluding carboxylic acids is 4.